The number of quaternary nitrogens is 1. The molecule has 1 aromatic carbocycles. The van der Waals surface area contributed by atoms with Crippen molar-refractivity contribution in [2.75, 3.05) is 20.6 Å². The summed E-state index contributed by atoms with van der Waals surface area (Å²) < 4.78 is 1.10. The van der Waals surface area contributed by atoms with Crippen LogP contribution in [0, 0.1) is 5.92 Å². The van der Waals surface area contributed by atoms with Gasteiger partial charge in [-0.1, -0.05) is 51.5 Å². The average molecular weight is 276 g/mol. The molecule has 0 bridgehead atoms. The minimum Gasteiger partial charge on any atom is -0.325 e. The molecule has 0 saturated heterocycles. The zero-order chi connectivity index (χ0) is 15.0. The van der Waals surface area contributed by atoms with Crippen LogP contribution >= 0.6 is 0 Å². The molecule has 20 heavy (non-hydrogen) atoms. The van der Waals surface area contributed by atoms with Gasteiger partial charge in [0.25, 0.3) is 0 Å². The van der Waals surface area contributed by atoms with Gasteiger partial charge in [-0.15, -0.1) is 0 Å². The first-order valence-corrected chi connectivity index (χ1v) is 8.33. The Morgan fingerprint density at radius 1 is 0.950 bits per heavy atom. The minimum atomic E-state index is 0.795. The highest BCUT2D eigenvalue weighted by Crippen LogP contribution is 2.14. The van der Waals surface area contributed by atoms with Gasteiger partial charge in [-0.25, -0.2) is 0 Å². The van der Waals surface area contributed by atoms with Crippen LogP contribution < -0.4 is 0 Å². The van der Waals surface area contributed by atoms with Gasteiger partial charge in [-0.3, -0.25) is 0 Å². The molecule has 1 nitrogen and oxygen atoms in total. The topological polar surface area (TPSA) is 0 Å². The van der Waals surface area contributed by atoms with E-state index < -0.39 is 0 Å². The molecule has 0 N–H and O–H groups in total. The van der Waals surface area contributed by atoms with Gasteiger partial charge < -0.3 is 4.48 Å². The minimum absolute atomic E-state index is 0.795. The molecule has 0 heterocycles. The van der Waals surface area contributed by atoms with Gasteiger partial charge in [0.2, 0.25) is 0 Å². The molecule has 0 amide bonds. The summed E-state index contributed by atoms with van der Waals surface area (Å²) in [5.74, 6) is 0.795. The Morgan fingerprint density at radius 3 is 2.10 bits per heavy atom. The van der Waals surface area contributed by atoms with Crippen molar-refractivity contribution < 1.29 is 4.48 Å². The smallest absolute Gasteiger partial charge is 0.104 e. The largest absolute Gasteiger partial charge is 0.325 e. The number of hydrogen-bond donors (Lipinski definition) is 0. The normalized spacial score (nSPS) is 12.1. The number of aryl methyl sites for hydroxylation is 1. The zero-order valence-corrected chi connectivity index (χ0v) is 14.3. The second-order valence-corrected chi connectivity index (χ2v) is 7.27. The van der Waals surface area contributed by atoms with Crippen molar-refractivity contribution in [2.24, 2.45) is 5.92 Å². The SMILES string of the molecule is CCCCC[N+](C)(C)Cc1ccc(CCC(C)C)cc1. The van der Waals surface area contributed by atoms with Gasteiger partial charge in [-0.2, -0.15) is 0 Å². The van der Waals surface area contributed by atoms with E-state index in [4.69, 9.17) is 0 Å². The highest BCUT2D eigenvalue weighted by molar-refractivity contribution is 5.22. The first-order chi connectivity index (χ1) is 9.43. The third kappa shape index (κ3) is 7.09. The predicted octanol–water partition coefficient (Wildman–Crippen LogP) is 5.04. The Kier molecular flexibility index (Phi) is 7.29. The Bertz CT molecular complexity index is 362. The van der Waals surface area contributed by atoms with Crippen LogP contribution in [0.1, 0.15) is 57.6 Å². The lowest BCUT2D eigenvalue weighted by Gasteiger charge is -2.30. The van der Waals surface area contributed by atoms with Crippen molar-refractivity contribution >= 4 is 0 Å². The molecule has 0 radical (unpaired) electrons. The summed E-state index contributed by atoms with van der Waals surface area (Å²) in [6, 6.07) is 9.30. The van der Waals surface area contributed by atoms with Gasteiger partial charge in [-0.05, 0) is 37.2 Å². The van der Waals surface area contributed by atoms with E-state index >= 15 is 0 Å². The second kappa shape index (κ2) is 8.46. The van der Waals surface area contributed by atoms with E-state index in [1.807, 2.05) is 0 Å². The van der Waals surface area contributed by atoms with Crippen LogP contribution in [0.3, 0.4) is 0 Å². The van der Waals surface area contributed by atoms with Crippen LogP contribution in [-0.4, -0.2) is 25.1 Å². The van der Waals surface area contributed by atoms with E-state index in [9.17, 15) is 0 Å². The molecule has 0 atom stereocenters. The van der Waals surface area contributed by atoms with E-state index in [-0.39, 0.29) is 0 Å². The molecule has 0 unspecified atom stereocenters. The summed E-state index contributed by atoms with van der Waals surface area (Å²) in [6.07, 6.45) is 6.51. The molecule has 1 rings (SSSR count). The van der Waals surface area contributed by atoms with Crippen molar-refractivity contribution in [1.82, 2.24) is 0 Å². The van der Waals surface area contributed by atoms with Crippen molar-refractivity contribution in [3.05, 3.63) is 35.4 Å². The van der Waals surface area contributed by atoms with Crippen molar-refractivity contribution in [2.45, 2.75) is 59.4 Å². The highest BCUT2D eigenvalue weighted by atomic mass is 15.3. The Morgan fingerprint density at radius 2 is 1.55 bits per heavy atom. The number of benzene rings is 1. The van der Waals surface area contributed by atoms with Crippen LogP contribution in [0.2, 0.25) is 0 Å². The van der Waals surface area contributed by atoms with Crippen molar-refractivity contribution in [3.8, 4) is 0 Å². The predicted molar refractivity (Wildman–Crippen MR) is 89.8 cm³/mol. The maximum atomic E-state index is 2.35. The van der Waals surface area contributed by atoms with Gasteiger partial charge >= 0.3 is 0 Å². The summed E-state index contributed by atoms with van der Waals surface area (Å²) in [5.41, 5.74) is 2.96. The molecular formula is C19H34N+. The Labute approximate surface area is 126 Å². The van der Waals surface area contributed by atoms with Crippen LogP contribution in [-0.2, 0) is 13.0 Å². The lowest BCUT2D eigenvalue weighted by molar-refractivity contribution is -0.903. The highest BCUT2D eigenvalue weighted by Gasteiger charge is 2.15. The number of hydrogen-bond acceptors (Lipinski definition) is 0. The maximum absolute atomic E-state index is 2.35. The molecule has 0 aliphatic heterocycles. The van der Waals surface area contributed by atoms with Crippen LogP contribution in [0.5, 0.6) is 0 Å². The third-order valence-corrected chi connectivity index (χ3v) is 4.01. The van der Waals surface area contributed by atoms with Crippen molar-refractivity contribution in [1.29, 1.82) is 0 Å². The molecule has 0 aromatic heterocycles. The fourth-order valence-electron chi connectivity index (χ4n) is 2.63. The second-order valence-electron chi connectivity index (χ2n) is 7.27. The van der Waals surface area contributed by atoms with E-state index in [0.717, 1.165) is 16.9 Å². The summed E-state index contributed by atoms with van der Waals surface area (Å²) in [6.45, 7) is 9.29. The lowest BCUT2D eigenvalue weighted by Crippen LogP contribution is -2.39. The molecular weight excluding hydrogens is 242 g/mol. The molecule has 0 aliphatic carbocycles. The number of unbranched alkanes of at least 4 members (excludes halogenated alkanes) is 2. The van der Waals surface area contributed by atoms with E-state index in [1.54, 1.807) is 0 Å². The first kappa shape index (κ1) is 17.2. The molecule has 1 heteroatoms. The Hall–Kier alpha value is -0.820. The van der Waals surface area contributed by atoms with E-state index in [1.165, 1.54) is 49.8 Å². The Balaban J connectivity index is 2.47. The first-order valence-electron chi connectivity index (χ1n) is 8.33. The standard InChI is InChI=1S/C19H34N/c1-6-7-8-15-20(4,5)16-19-13-11-18(12-14-19)10-9-17(2)3/h11-14,17H,6-10,15-16H2,1-5H3/q+1. The van der Waals surface area contributed by atoms with Crippen LogP contribution in [0.4, 0.5) is 0 Å². The van der Waals surface area contributed by atoms with Crippen molar-refractivity contribution in [3.63, 3.8) is 0 Å². The fraction of sp³-hybridized carbons (Fsp3) is 0.684. The van der Waals surface area contributed by atoms with Gasteiger partial charge in [0.15, 0.2) is 0 Å². The summed E-state index contributed by atoms with van der Waals surface area (Å²) in [5, 5.41) is 0. The summed E-state index contributed by atoms with van der Waals surface area (Å²) >= 11 is 0. The molecule has 0 fully saturated rings. The van der Waals surface area contributed by atoms with E-state index in [0.29, 0.717) is 0 Å². The molecule has 0 spiro atoms. The molecule has 114 valence electrons. The zero-order valence-electron chi connectivity index (χ0n) is 14.3. The number of rotatable bonds is 9. The lowest BCUT2D eigenvalue weighted by atomic mass is 10.0. The van der Waals surface area contributed by atoms with Gasteiger partial charge in [0.1, 0.15) is 6.54 Å². The van der Waals surface area contributed by atoms with Gasteiger partial charge in [0.05, 0.1) is 20.6 Å². The summed E-state index contributed by atoms with van der Waals surface area (Å²) in [4.78, 5) is 0. The van der Waals surface area contributed by atoms with Crippen LogP contribution in [0.15, 0.2) is 24.3 Å². The maximum Gasteiger partial charge on any atom is 0.104 e. The van der Waals surface area contributed by atoms with E-state index in [2.05, 4.69) is 59.1 Å². The molecule has 0 saturated carbocycles. The average Bonchev–Trinajstić information content (AvgIpc) is 2.37. The fourth-order valence-corrected chi connectivity index (χ4v) is 2.63. The molecule has 1 aromatic rings. The van der Waals surface area contributed by atoms with Crippen LogP contribution in [0.25, 0.3) is 0 Å². The quantitative estimate of drug-likeness (QED) is 0.438. The number of nitrogens with zero attached hydrogens (tertiary/aromatic N) is 1. The van der Waals surface area contributed by atoms with Gasteiger partial charge in [0, 0.05) is 5.56 Å². The monoisotopic (exact) mass is 276 g/mol. The third-order valence-electron chi connectivity index (χ3n) is 4.01. The summed E-state index contributed by atoms with van der Waals surface area (Å²) in [7, 11) is 4.70. The molecule has 0 aliphatic rings.